The second-order valence-corrected chi connectivity index (χ2v) is 8.91. The Morgan fingerprint density at radius 3 is 2.34 bits per heavy atom. The fraction of sp³-hybridized carbons (Fsp3) is 0.148. The van der Waals surface area contributed by atoms with E-state index >= 15 is 0 Å². The highest BCUT2D eigenvalue weighted by Gasteiger charge is 2.36. The monoisotopic (exact) mass is 534 g/mol. The van der Waals surface area contributed by atoms with Gasteiger partial charge in [0, 0.05) is 0 Å². The van der Waals surface area contributed by atoms with E-state index in [0.29, 0.717) is 33.8 Å². The number of urea groups is 1. The fourth-order valence-electron chi connectivity index (χ4n) is 3.57. The molecule has 0 aromatic heterocycles. The highest BCUT2D eigenvalue weighted by molar-refractivity contribution is 9.10. The van der Waals surface area contributed by atoms with Gasteiger partial charge in [-0.25, -0.2) is 9.69 Å². The Balaban J connectivity index is 1.54. The van der Waals surface area contributed by atoms with Crippen molar-refractivity contribution in [2.45, 2.75) is 20.5 Å². The molecule has 0 atom stereocenters. The van der Waals surface area contributed by atoms with Crippen LogP contribution in [0.5, 0.6) is 11.5 Å². The molecule has 0 spiro atoms. The molecule has 0 radical (unpaired) electrons. The van der Waals surface area contributed by atoms with E-state index in [0.717, 1.165) is 10.5 Å². The lowest BCUT2D eigenvalue weighted by atomic mass is 10.1. The van der Waals surface area contributed by atoms with Crippen molar-refractivity contribution in [2.75, 3.05) is 12.0 Å². The van der Waals surface area contributed by atoms with Crippen molar-refractivity contribution in [3.05, 3.63) is 93.0 Å². The van der Waals surface area contributed by atoms with Gasteiger partial charge in [0.05, 0.1) is 17.3 Å². The predicted octanol–water partition coefficient (Wildman–Crippen LogP) is 5.32. The molecule has 1 aliphatic heterocycles. The second-order valence-electron chi connectivity index (χ2n) is 8.05. The highest BCUT2D eigenvalue weighted by atomic mass is 79.9. The first-order valence-electron chi connectivity index (χ1n) is 10.8. The maximum absolute atomic E-state index is 13.1. The predicted molar refractivity (Wildman–Crippen MR) is 136 cm³/mol. The molecule has 0 bridgehead atoms. The summed E-state index contributed by atoms with van der Waals surface area (Å²) in [6, 6.07) is 17.0. The van der Waals surface area contributed by atoms with Gasteiger partial charge in [0.2, 0.25) is 0 Å². The summed E-state index contributed by atoms with van der Waals surface area (Å²) < 4.78 is 11.7. The van der Waals surface area contributed by atoms with Crippen molar-refractivity contribution >= 4 is 45.5 Å². The summed E-state index contributed by atoms with van der Waals surface area (Å²) in [5.74, 6) is -0.263. The lowest BCUT2D eigenvalue weighted by molar-refractivity contribution is -0.122. The summed E-state index contributed by atoms with van der Waals surface area (Å²) in [5.41, 5.74) is 4.24. The number of halogens is 1. The number of carbonyl (C=O) groups excluding carboxylic acids is 3. The third kappa shape index (κ3) is 5.27. The third-order valence-electron chi connectivity index (χ3n) is 5.66. The van der Waals surface area contributed by atoms with Crippen LogP contribution in [-0.4, -0.2) is 25.0 Å². The maximum Gasteiger partial charge on any atom is 0.335 e. The minimum atomic E-state index is -0.807. The first-order chi connectivity index (χ1) is 16.8. The number of nitrogens with one attached hydrogen (secondary N) is 1. The number of hydrogen-bond donors (Lipinski definition) is 1. The molecule has 1 saturated heterocycles. The smallest absolute Gasteiger partial charge is 0.335 e. The molecule has 0 unspecified atom stereocenters. The zero-order valence-corrected chi connectivity index (χ0v) is 21.0. The van der Waals surface area contributed by atoms with E-state index in [1.807, 2.05) is 6.07 Å². The number of ether oxygens (including phenoxy) is 2. The molecule has 3 aromatic carbocycles. The van der Waals surface area contributed by atoms with Crippen molar-refractivity contribution in [1.29, 1.82) is 0 Å². The molecule has 4 rings (SSSR count). The van der Waals surface area contributed by atoms with E-state index in [1.54, 1.807) is 42.5 Å². The molecule has 0 aliphatic carbocycles. The number of methoxy groups -OCH3 is 1. The number of benzene rings is 3. The number of carbonyl (C=O) groups is 3. The Hall–Kier alpha value is -3.91. The van der Waals surface area contributed by atoms with E-state index in [1.165, 1.54) is 24.3 Å². The van der Waals surface area contributed by atoms with Crippen LogP contribution in [0.1, 0.15) is 22.3 Å². The first kappa shape index (κ1) is 24.2. The lowest BCUT2D eigenvalue weighted by Crippen LogP contribution is -2.54. The number of rotatable bonds is 6. The second kappa shape index (κ2) is 10.1. The molecule has 1 aliphatic rings. The molecule has 1 heterocycles. The minimum absolute atomic E-state index is 0.156. The van der Waals surface area contributed by atoms with E-state index < -0.39 is 17.8 Å². The van der Waals surface area contributed by atoms with E-state index in [4.69, 9.17) is 9.47 Å². The van der Waals surface area contributed by atoms with Crippen LogP contribution in [0.3, 0.4) is 0 Å². The van der Waals surface area contributed by atoms with E-state index in [9.17, 15) is 14.4 Å². The van der Waals surface area contributed by atoms with Crippen molar-refractivity contribution in [2.24, 2.45) is 0 Å². The van der Waals surface area contributed by atoms with Crippen LogP contribution in [0.15, 0.2) is 70.7 Å². The molecular weight excluding hydrogens is 512 g/mol. The van der Waals surface area contributed by atoms with Gasteiger partial charge in [-0.3, -0.25) is 14.9 Å². The summed E-state index contributed by atoms with van der Waals surface area (Å²) in [6.07, 6.45) is 1.44. The molecule has 35 heavy (non-hydrogen) atoms. The Labute approximate surface area is 211 Å². The molecular formula is C27H23BrN2O5. The lowest BCUT2D eigenvalue weighted by Gasteiger charge is -2.26. The number of barbiturate groups is 1. The van der Waals surface area contributed by atoms with Gasteiger partial charge in [0.15, 0.2) is 0 Å². The Bertz CT molecular complexity index is 1350. The number of anilines is 1. The van der Waals surface area contributed by atoms with Gasteiger partial charge in [-0.15, -0.1) is 0 Å². The number of nitrogens with zero attached hydrogens (tertiary/aromatic N) is 1. The quantitative estimate of drug-likeness (QED) is 0.341. The van der Waals surface area contributed by atoms with Gasteiger partial charge in [-0.2, -0.15) is 0 Å². The molecule has 8 heteroatoms. The number of aryl methyl sites for hydroxylation is 2. The molecule has 0 saturated carbocycles. The highest BCUT2D eigenvalue weighted by Crippen LogP contribution is 2.29. The van der Waals surface area contributed by atoms with Gasteiger partial charge in [0.25, 0.3) is 11.8 Å². The average molecular weight is 535 g/mol. The number of amides is 4. The van der Waals surface area contributed by atoms with Crippen LogP contribution in [-0.2, 0) is 16.2 Å². The van der Waals surface area contributed by atoms with Gasteiger partial charge in [0.1, 0.15) is 23.7 Å². The van der Waals surface area contributed by atoms with E-state index in [-0.39, 0.29) is 5.57 Å². The van der Waals surface area contributed by atoms with Crippen LogP contribution in [0.25, 0.3) is 6.08 Å². The van der Waals surface area contributed by atoms with Gasteiger partial charge >= 0.3 is 6.03 Å². The normalized spacial score (nSPS) is 14.8. The average Bonchev–Trinajstić information content (AvgIpc) is 2.83. The Kier molecular flexibility index (Phi) is 7.02. The Morgan fingerprint density at radius 1 is 0.943 bits per heavy atom. The van der Waals surface area contributed by atoms with Crippen LogP contribution in [0, 0.1) is 13.8 Å². The largest absolute Gasteiger partial charge is 0.497 e. The van der Waals surface area contributed by atoms with Crippen molar-refractivity contribution in [3.8, 4) is 11.5 Å². The van der Waals surface area contributed by atoms with Crippen LogP contribution < -0.4 is 19.7 Å². The van der Waals surface area contributed by atoms with Crippen LogP contribution >= 0.6 is 15.9 Å². The molecule has 1 fully saturated rings. The third-order valence-corrected chi connectivity index (χ3v) is 6.28. The first-order valence-corrected chi connectivity index (χ1v) is 11.6. The van der Waals surface area contributed by atoms with Crippen LogP contribution in [0.4, 0.5) is 10.5 Å². The maximum atomic E-state index is 13.1. The topological polar surface area (TPSA) is 84.9 Å². The fourth-order valence-corrected chi connectivity index (χ4v) is 4.08. The van der Waals surface area contributed by atoms with Gasteiger partial charge in [-0.1, -0.05) is 24.3 Å². The Morgan fingerprint density at radius 2 is 1.69 bits per heavy atom. The summed E-state index contributed by atoms with van der Waals surface area (Å²) >= 11 is 3.50. The molecule has 4 amide bonds. The standard InChI is InChI=1S/C27H23BrN2O5/c1-16-4-5-19(12-17(16)2)15-35-24-11-6-18(14-23(24)28)13-22-25(31)29-27(33)30(26(22)32)20-7-9-21(34-3)10-8-20/h4-14H,15H2,1-3H3,(H,29,31,33)/b22-13+. The SMILES string of the molecule is COc1ccc(N2C(=O)NC(=O)/C(=C\c3ccc(OCc4ccc(C)c(C)c4)c(Br)c3)C2=O)cc1. The summed E-state index contributed by atoms with van der Waals surface area (Å²) in [4.78, 5) is 38.8. The summed E-state index contributed by atoms with van der Waals surface area (Å²) in [5, 5.41) is 2.22. The molecule has 178 valence electrons. The van der Waals surface area contributed by atoms with Gasteiger partial charge in [-0.05, 0) is 94.5 Å². The minimum Gasteiger partial charge on any atom is -0.497 e. The molecule has 3 aromatic rings. The zero-order chi connectivity index (χ0) is 25.1. The van der Waals surface area contributed by atoms with E-state index in [2.05, 4.69) is 47.2 Å². The van der Waals surface area contributed by atoms with Gasteiger partial charge < -0.3 is 9.47 Å². The van der Waals surface area contributed by atoms with Crippen molar-refractivity contribution < 1.29 is 23.9 Å². The zero-order valence-electron chi connectivity index (χ0n) is 19.4. The summed E-state index contributed by atoms with van der Waals surface area (Å²) in [6.45, 7) is 4.52. The summed E-state index contributed by atoms with van der Waals surface area (Å²) in [7, 11) is 1.52. The van der Waals surface area contributed by atoms with Crippen LogP contribution in [0.2, 0.25) is 0 Å². The van der Waals surface area contributed by atoms with Crippen molar-refractivity contribution in [3.63, 3.8) is 0 Å². The van der Waals surface area contributed by atoms with Crippen molar-refractivity contribution in [1.82, 2.24) is 5.32 Å². The number of hydrogen-bond acceptors (Lipinski definition) is 5. The molecule has 7 nitrogen and oxygen atoms in total. The molecule has 1 N–H and O–H groups in total. The number of imide groups is 2.